The second-order valence-corrected chi connectivity index (χ2v) is 7.01. The zero-order chi connectivity index (χ0) is 18.5. The van der Waals surface area contributed by atoms with Crippen LogP contribution in [-0.2, 0) is 24.4 Å². The topological polar surface area (TPSA) is 69.2 Å². The number of likely N-dealkylation sites (tertiary alicyclic amines) is 1. The molecule has 1 fully saturated rings. The summed E-state index contributed by atoms with van der Waals surface area (Å²) < 4.78 is 12.5. The lowest BCUT2D eigenvalue weighted by molar-refractivity contribution is 0.151. The molecule has 3 heterocycles. The first-order valence-electron chi connectivity index (χ1n) is 9.39. The highest BCUT2D eigenvalue weighted by molar-refractivity contribution is 5.16. The minimum absolute atomic E-state index is 0.354. The number of rotatable bonds is 7. The first kappa shape index (κ1) is 17.9. The van der Waals surface area contributed by atoms with E-state index in [1.165, 1.54) is 5.56 Å². The largest absolute Gasteiger partial charge is 0.375 e. The van der Waals surface area contributed by atoms with Crippen molar-refractivity contribution in [2.45, 2.75) is 38.5 Å². The highest BCUT2D eigenvalue weighted by Gasteiger charge is 2.25. The fourth-order valence-corrected chi connectivity index (χ4v) is 3.74. The summed E-state index contributed by atoms with van der Waals surface area (Å²) in [6.45, 7) is 3.91. The zero-order valence-electron chi connectivity index (χ0n) is 15.6. The number of benzene rings is 1. The summed E-state index contributed by atoms with van der Waals surface area (Å²) in [5.74, 6) is 2.83. The van der Waals surface area contributed by atoms with Crippen molar-refractivity contribution in [3.63, 3.8) is 0 Å². The molecule has 4 rings (SSSR count). The van der Waals surface area contributed by atoms with E-state index in [-0.39, 0.29) is 0 Å². The van der Waals surface area contributed by atoms with Gasteiger partial charge in [-0.05, 0) is 24.9 Å². The molecule has 1 atom stereocenters. The Hall–Kier alpha value is -2.51. The average molecular weight is 367 g/mol. The first-order chi connectivity index (χ1) is 13.3. The van der Waals surface area contributed by atoms with Crippen molar-refractivity contribution in [2.75, 3.05) is 20.2 Å². The molecule has 7 heteroatoms. The van der Waals surface area contributed by atoms with Gasteiger partial charge in [-0.25, -0.2) is 4.98 Å². The van der Waals surface area contributed by atoms with Crippen LogP contribution in [0.2, 0.25) is 0 Å². The summed E-state index contributed by atoms with van der Waals surface area (Å²) in [6.07, 6.45) is 6.29. The standard InChI is InChI=1S/C20H25N5O2/c1-26-15-19-22-18(23-27-19)14-24-10-5-8-17(13-24)20-21-9-11-25(20)12-16-6-3-2-4-7-16/h2-4,6-7,9,11,17H,5,8,10,12-15H2,1H3. The number of methoxy groups -OCH3 is 1. The molecule has 1 aliphatic rings. The number of imidazole rings is 1. The van der Waals surface area contributed by atoms with Crippen molar-refractivity contribution in [3.8, 4) is 0 Å². The predicted molar refractivity (Wildman–Crippen MR) is 100 cm³/mol. The molecule has 3 aromatic rings. The van der Waals surface area contributed by atoms with Gasteiger partial charge in [-0.1, -0.05) is 35.5 Å². The van der Waals surface area contributed by atoms with Gasteiger partial charge in [-0.15, -0.1) is 0 Å². The van der Waals surface area contributed by atoms with Crippen molar-refractivity contribution >= 4 is 0 Å². The quantitative estimate of drug-likeness (QED) is 0.640. The van der Waals surface area contributed by atoms with Gasteiger partial charge in [-0.3, -0.25) is 4.90 Å². The Morgan fingerprint density at radius 3 is 2.96 bits per heavy atom. The molecule has 0 radical (unpaired) electrons. The second kappa shape index (κ2) is 8.45. The molecule has 0 saturated carbocycles. The van der Waals surface area contributed by atoms with E-state index >= 15 is 0 Å². The van der Waals surface area contributed by atoms with Crippen LogP contribution in [0, 0.1) is 0 Å². The van der Waals surface area contributed by atoms with Gasteiger partial charge in [-0.2, -0.15) is 4.98 Å². The molecule has 1 unspecified atom stereocenters. The van der Waals surface area contributed by atoms with Gasteiger partial charge in [0.1, 0.15) is 12.4 Å². The van der Waals surface area contributed by atoms with Crippen LogP contribution in [-0.4, -0.2) is 44.8 Å². The molecule has 0 spiro atoms. The fraction of sp³-hybridized carbons (Fsp3) is 0.450. The number of hydrogen-bond donors (Lipinski definition) is 0. The van der Waals surface area contributed by atoms with Crippen molar-refractivity contribution in [1.82, 2.24) is 24.6 Å². The highest BCUT2D eigenvalue weighted by atomic mass is 16.5. The molecule has 0 amide bonds. The maximum Gasteiger partial charge on any atom is 0.252 e. The molecule has 7 nitrogen and oxygen atoms in total. The van der Waals surface area contributed by atoms with Crippen LogP contribution in [0.4, 0.5) is 0 Å². The highest BCUT2D eigenvalue weighted by Crippen LogP contribution is 2.27. The van der Waals surface area contributed by atoms with E-state index in [1.54, 1.807) is 7.11 Å². The molecule has 0 aliphatic carbocycles. The smallest absolute Gasteiger partial charge is 0.252 e. The molecule has 1 aromatic carbocycles. The Labute approximate surface area is 159 Å². The van der Waals surface area contributed by atoms with Gasteiger partial charge < -0.3 is 13.8 Å². The Morgan fingerprint density at radius 1 is 1.22 bits per heavy atom. The first-order valence-corrected chi connectivity index (χ1v) is 9.39. The van der Waals surface area contributed by atoms with E-state index in [2.05, 4.69) is 55.1 Å². The van der Waals surface area contributed by atoms with E-state index in [0.717, 1.165) is 44.1 Å². The minimum atomic E-state index is 0.354. The molecule has 1 aliphatic heterocycles. The van der Waals surface area contributed by atoms with E-state index in [9.17, 15) is 0 Å². The normalized spacial score (nSPS) is 18.0. The Kier molecular flexibility index (Phi) is 5.60. The van der Waals surface area contributed by atoms with Crippen LogP contribution in [0.15, 0.2) is 47.2 Å². The summed E-state index contributed by atoms with van der Waals surface area (Å²) in [4.78, 5) is 11.5. The SMILES string of the molecule is COCc1nc(CN2CCCC(c3nccn3Cc3ccccc3)C2)no1. The summed E-state index contributed by atoms with van der Waals surface area (Å²) in [6, 6.07) is 10.5. The van der Waals surface area contributed by atoms with Crippen molar-refractivity contribution in [3.05, 3.63) is 65.8 Å². The second-order valence-electron chi connectivity index (χ2n) is 7.01. The Morgan fingerprint density at radius 2 is 2.11 bits per heavy atom. The van der Waals surface area contributed by atoms with Crippen LogP contribution >= 0.6 is 0 Å². The summed E-state index contributed by atoms with van der Waals surface area (Å²) >= 11 is 0. The third kappa shape index (κ3) is 4.43. The monoisotopic (exact) mass is 367 g/mol. The third-order valence-electron chi connectivity index (χ3n) is 4.96. The molecule has 0 N–H and O–H groups in total. The number of piperidine rings is 1. The Bertz CT molecular complexity index is 845. The average Bonchev–Trinajstić information content (AvgIpc) is 3.33. The molecule has 142 valence electrons. The van der Waals surface area contributed by atoms with Crippen LogP contribution in [0.1, 0.15) is 41.9 Å². The van der Waals surface area contributed by atoms with Crippen molar-refractivity contribution in [2.24, 2.45) is 0 Å². The molecule has 27 heavy (non-hydrogen) atoms. The van der Waals surface area contributed by atoms with Crippen LogP contribution in [0.3, 0.4) is 0 Å². The zero-order valence-corrected chi connectivity index (χ0v) is 15.6. The lowest BCUT2D eigenvalue weighted by Crippen LogP contribution is -2.35. The van der Waals surface area contributed by atoms with E-state index < -0.39 is 0 Å². The molecule has 2 aromatic heterocycles. The van der Waals surface area contributed by atoms with Crippen LogP contribution in [0.5, 0.6) is 0 Å². The van der Waals surface area contributed by atoms with Gasteiger partial charge in [0.25, 0.3) is 5.89 Å². The lowest BCUT2D eigenvalue weighted by Gasteiger charge is -2.31. The maximum absolute atomic E-state index is 5.20. The van der Waals surface area contributed by atoms with Gasteiger partial charge in [0.05, 0.1) is 6.54 Å². The maximum atomic E-state index is 5.20. The molecular formula is C20H25N5O2. The lowest BCUT2D eigenvalue weighted by atomic mass is 9.97. The number of aromatic nitrogens is 4. The Balaban J connectivity index is 1.42. The van der Waals surface area contributed by atoms with Crippen molar-refractivity contribution in [1.29, 1.82) is 0 Å². The van der Waals surface area contributed by atoms with Gasteiger partial charge in [0.2, 0.25) is 0 Å². The molecular weight excluding hydrogens is 342 g/mol. The summed E-state index contributed by atoms with van der Waals surface area (Å²) in [7, 11) is 1.62. The van der Waals surface area contributed by atoms with Gasteiger partial charge in [0, 0.05) is 38.5 Å². The molecule has 1 saturated heterocycles. The van der Waals surface area contributed by atoms with Gasteiger partial charge in [0.15, 0.2) is 5.82 Å². The number of ether oxygens (including phenoxy) is 1. The fourth-order valence-electron chi connectivity index (χ4n) is 3.74. The predicted octanol–water partition coefficient (Wildman–Crippen LogP) is 2.84. The van der Waals surface area contributed by atoms with E-state index in [1.807, 2.05) is 12.3 Å². The van der Waals surface area contributed by atoms with Crippen molar-refractivity contribution < 1.29 is 9.26 Å². The summed E-state index contributed by atoms with van der Waals surface area (Å²) in [5, 5.41) is 4.06. The van der Waals surface area contributed by atoms with Gasteiger partial charge >= 0.3 is 0 Å². The summed E-state index contributed by atoms with van der Waals surface area (Å²) in [5.41, 5.74) is 1.29. The third-order valence-corrected chi connectivity index (χ3v) is 4.96. The number of hydrogen-bond acceptors (Lipinski definition) is 6. The van der Waals surface area contributed by atoms with E-state index in [4.69, 9.17) is 9.26 Å². The number of nitrogens with zero attached hydrogens (tertiary/aromatic N) is 5. The molecule has 0 bridgehead atoms. The van der Waals surface area contributed by atoms with Crippen LogP contribution < -0.4 is 0 Å². The minimum Gasteiger partial charge on any atom is -0.375 e. The van der Waals surface area contributed by atoms with E-state index in [0.29, 0.717) is 25.0 Å². The van der Waals surface area contributed by atoms with Crippen LogP contribution in [0.25, 0.3) is 0 Å².